The highest BCUT2D eigenvalue weighted by Crippen LogP contribution is 2.27. The second-order valence-corrected chi connectivity index (χ2v) is 6.77. The van der Waals surface area contributed by atoms with Crippen molar-refractivity contribution in [3.8, 4) is 0 Å². The standard InChI is InChI=1S/C22H31NO4/c1-17-7-9-19(10-8-17)26-14-6-11-23-20-16-22(27-13-5-4-12-24)21(25-3)15-18(20)2/h6-7,9,11,14-15,20,24H,4-5,8,10,12-13,16H2,1-3H3/b14-6+,23-11?. The topological polar surface area (TPSA) is 60.3 Å². The summed E-state index contributed by atoms with van der Waals surface area (Å²) >= 11 is 0. The van der Waals surface area contributed by atoms with Gasteiger partial charge in [0.15, 0.2) is 5.76 Å². The molecule has 0 aromatic rings. The maximum atomic E-state index is 8.87. The summed E-state index contributed by atoms with van der Waals surface area (Å²) in [5.74, 6) is 2.55. The highest BCUT2D eigenvalue weighted by Gasteiger charge is 2.21. The van der Waals surface area contributed by atoms with Crippen molar-refractivity contribution in [2.45, 2.75) is 52.0 Å². The second kappa shape index (κ2) is 11.4. The molecule has 2 aliphatic rings. The number of nitrogens with zero attached hydrogens (tertiary/aromatic N) is 1. The fourth-order valence-corrected chi connectivity index (χ4v) is 2.84. The molecule has 5 nitrogen and oxygen atoms in total. The molecule has 0 radical (unpaired) electrons. The summed E-state index contributed by atoms with van der Waals surface area (Å²) in [6.07, 6.45) is 15.6. The molecule has 0 saturated carbocycles. The van der Waals surface area contributed by atoms with Gasteiger partial charge in [-0.15, -0.1) is 0 Å². The first-order chi connectivity index (χ1) is 13.1. The van der Waals surface area contributed by atoms with Crippen LogP contribution in [0.4, 0.5) is 0 Å². The van der Waals surface area contributed by atoms with Crippen molar-refractivity contribution in [2.75, 3.05) is 20.3 Å². The summed E-state index contributed by atoms with van der Waals surface area (Å²) in [6.45, 7) is 4.94. The lowest BCUT2D eigenvalue weighted by Crippen LogP contribution is -2.16. The third kappa shape index (κ3) is 7.10. The van der Waals surface area contributed by atoms with Gasteiger partial charge < -0.3 is 19.3 Å². The SMILES string of the molecule is COC1=C(OCCCCO)CC(N=C/C=C/OC2=CC=C(C)CC2)C(C)=C1. The average Bonchev–Trinajstić information content (AvgIpc) is 2.68. The Bertz CT molecular complexity index is 668. The Kier molecular flexibility index (Phi) is 8.92. The molecule has 1 unspecified atom stereocenters. The van der Waals surface area contributed by atoms with Gasteiger partial charge in [0.1, 0.15) is 11.5 Å². The molecule has 0 aromatic heterocycles. The van der Waals surface area contributed by atoms with Crippen LogP contribution in [0.15, 0.2) is 64.0 Å². The predicted molar refractivity (Wildman–Crippen MR) is 108 cm³/mol. The zero-order valence-electron chi connectivity index (χ0n) is 16.6. The Morgan fingerprint density at radius 3 is 2.78 bits per heavy atom. The lowest BCUT2D eigenvalue weighted by atomic mass is 9.98. The van der Waals surface area contributed by atoms with Crippen LogP contribution in [0.5, 0.6) is 0 Å². The van der Waals surface area contributed by atoms with Crippen molar-refractivity contribution < 1.29 is 19.3 Å². The van der Waals surface area contributed by atoms with Gasteiger partial charge in [-0.3, -0.25) is 4.99 Å². The van der Waals surface area contributed by atoms with Gasteiger partial charge >= 0.3 is 0 Å². The number of aliphatic hydroxyl groups is 1. The maximum Gasteiger partial charge on any atom is 0.156 e. The molecular weight excluding hydrogens is 342 g/mol. The number of ether oxygens (including phenoxy) is 3. The monoisotopic (exact) mass is 373 g/mol. The van der Waals surface area contributed by atoms with E-state index in [-0.39, 0.29) is 12.6 Å². The van der Waals surface area contributed by atoms with Crippen molar-refractivity contribution in [3.63, 3.8) is 0 Å². The molecule has 0 fully saturated rings. The molecular formula is C22H31NO4. The van der Waals surface area contributed by atoms with E-state index in [1.165, 1.54) is 5.57 Å². The largest absolute Gasteiger partial charge is 0.494 e. The summed E-state index contributed by atoms with van der Waals surface area (Å²) in [4.78, 5) is 4.62. The van der Waals surface area contributed by atoms with Crippen molar-refractivity contribution in [1.82, 2.24) is 0 Å². The number of allylic oxidation sites excluding steroid dienone is 6. The molecule has 27 heavy (non-hydrogen) atoms. The average molecular weight is 373 g/mol. The molecule has 1 N–H and O–H groups in total. The zero-order valence-corrected chi connectivity index (χ0v) is 16.6. The molecule has 0 heterocycles. The fraction of sp³-hybridized carbons (Fsp3) is 0.500. The number of unbranched alkanes of at least 4 members (excludes halogenated alkanes) is 1. The van der Waals surface area contributed by atoms with Gasteiger partial charge in [-0.05, 0) is 56.9 Å². The van der Waals surface area contributed by atoms with Crippen molar-refractivity contribution in [1.29, 1.82) is 0 Å². The van der Waals surface area contributed by atoms with Gasteiger partial charge in [-0.1, -0.05) is 11.6 Å². The quantitative estimate of drug-likeness (QED) is 0.346. The van der Waals surface area contributed by atoms with Gasteiger partial charge in [-0.25, -0.2) is 0 Å². The van der Waals surface area contributed by atoms with Gasteiger partial charge in [0.2, 0.25) is 0 Å². The minimum Gasteiger partial charge on any atom is -0.494 e. The summed E-state index contributed by atoms with van der Waals surface area (Å²) in [5, 5.41) is 8.87. The zero-order chi connectivity index (χ0) is 19.5. The van der Waals surface area contributed by atoms with Crippen molar-refractivity contribution in [3.05, 3.63) is 59.0 Å². The van der Waals surface area contributed by atoms with Gasteiger partial charge in [-0.2, -0.15) is 0 Å². The molecule has 0 amide bonds. The van der Waals surface area contributed by atoms with Crippen molar-refractivity contribution >= 4 is 6.21 Å². The Morgan fingerprint density at radius 1 is 1.22 bits per heavy atom. The fourth-order valence-electron chi connectivity index (χ4n) is 2.84. The van der Waals surface area contributed by atoms with Crippen LogP contribution in [0.1, 0.15) is 46.0 Å². The number of hydrogen-bond acceptors (Lipinski definition) is 5. The van der Waals surface area contributed by atoms with Crippen LogP contribution in [0.25, 0.3) is 0 Å². The Balaban J connectivity index is 1.87. The summed E-state index contributed by atoms with van der Waals surface area (Å²) < 4.78 is 16.9. The van der Waals surface area contributed by atoms with Crippen LogP contribution < -0.4 is 0 Å². The third-order valence-electron chi connectivity index (χ3n) is 4.56. The Morgan fingerprint density at radius 2 is 2.07 bits per heavy atom. The number of aliphatic imine (C=N–C) groups is 1. The van der Waals surface area contributed by atoms with Crippen LogP contribution in [-0.4, -0.2) is 37.7 Å². The highest BCUT2D eigenvalue weighted by molar-refractivity contribution is 5.71. The molecule has 148 valence electrons. The highest BCUT2D eigenvalue weighted by atomic mass is 16.5. The van der Waals surface area contributed by atoms with Gasteiger partial charge in [0.05, 0.1) is 26.0 Å². The van der Waals surface area contributed by atoms with E-state index in [1.54, 1.807) is 19.6 Å². The minimum atomic E-state index is 0.0286. The van der Waals surface area contributed by atoms with Crippen LogP contribution >= 0.6 is 0 Å². The van der Waals surface area contributed by atoms with Gasteiger partial charge in [0.25, 0.3) is 0 Å². The summed E-state index contributed by atoms with van der Waals surface area (Å²) in [6, 6.07) is 0.0286. The van der Waals surface area contributed by atoms with Gasteiger partial charge in [0, 0.05) is 25.7 Å². The molecule has 2 aliphatic carbocycles. The molecule has 0 aliphatic heterocycles. The second-order valence-electron chi connectivity index (χ2n) is 6.77. The third-order valence-corrected chi connectivity index (χ3v) is 4.56. The van der Waals surface area contributed by atoms with E-state index in [1.807, 2.05) is 25.2 Å². The normalized spacial score (nSPS) is 20.6. The summed E-state index contributed by atoms with van der Waals surface area (Å²) in [5.41, 5.74) is 2.51. The summed E-state index contributed by atoms with van der Waals surface area (Å²) in [7, 11) is 1.65. The number of aliphatic hydroxyl groups excluding tert-OH is 1. The molecule has 1 atom stereocenters. The first-order valence-corrected chi connectivity index (χ1v) is 9.54. The van der Waals surface area contributed by atoms with E-state index in [0.29, 0.717) is 13.0 Å². The van der Waals surface area contributed by atoms with Crippen LogP contribution in [0.2, 0.25) is 0 Å². The van der Waals surface area contributed by atoms with E-state index in [2.05, 4.69) is 18.0 Å². The van der Waals surface area contributed by atoms with Crippen LogP contribution in [0, 0.1) is 0 Å². The first-order valence-electron chi connectivity index (χ1n) is 9.54. The van der Waals surface area contributed by atoms with E-state index >= 15 is 0 Å². The van der Waals surface area contributed by atoms with Crippen molar-refractivity contribution in [2.24, 2.45) is 4.99 Å². The molecule has 0 saturated heterocycles. The molecule has 0 aromatic carbocycles. The number of rotatable bonds is 10. The molecule has 5 heteroatoms. The van der Waals surface area contributed by atoms with E-state index in [9.17, 15) is 0 Å². The van der Waals surface area contributed by atoms with Crippen LogP contribution in [0.3, 0.4) is 0 Å². The first kappa shape index (κ1) is 21.0. The van der Waals surface area contributed by atoms with E-state index < -0.39 is 0 Å². The van der Waals surface area contributed by atoms with E-state index in [4.69, 9.17) is 19.3 Å². The lowest BCUT2D eigenvalue weighted by Gasteiger charge is -2.23. The lowest BCUT2D eigenvalue weighted by molar-refractivity contribution is 0.157. The smallest absolute Gasteiger partial charge is 0.156 e. The number of methoxy groups -OCH3 is 1. The van der Waals surface area contributed by atoms with E-state index in [0.717, 1.165) is 48.5 Å². The Hall–Kier alpha value is -2.27. The minimum absolute atomic E-state index is 0.0286. The molecule has 0 bridgehead atoms. The van der Waals surface area contributed by atoms with Crippen LogP contribution in [-0.2, 0) is 14.2 Å². The Labute approximate surface area is 162 Å². The molecule has 2 rings (SSSR count). The predicted octanol–water partition coefficient (Wildman–Crippen LogP) is 4.58. The number of hydrogen-bond donors (Lipinski definition) is 1. The maximum absolute atomic E-state index is 8.87. The molecule has 0 spiro atoms.